The van der Waals surface area contributed by atoms with Crippen molar-refractivity contribution in [2.45, 2.75) is 39.7 Å². The summed E-state index contributed by atoms with van der Waals surface area (Å²) in [6.07, 6.45) is 3.59. The predicted octanol–water partition coefficient (Wildman–Crippen LogP) is 2.61. The van der Waals surface area contributed by atoms with Gasteiger partial charge in [-0.25, -0.2) is 0 Å². The summed E-state index contributed by atoms with van der Waals surface area (Å²) in [6.45, 7) is 6.19. The third-order valence-electron chi connectivity index (χ3n) is 2.35. The van der Waals surface area contributed by atoms with Gasteiger partial charge in [0, 0.05) is 18.4 Å². The lowest BCUT2D eigenvalue weighted by molar-refractivity contribution is 0.491. The van der Waals surface area contributed by atoms with Crippen molar-refractivity contribution in [3.63, 3.8) is 0 Å². The smallest absolute Gasteiger partial charge is 0.103 e. The van der Waals surface area contributed by atoms with Gasteiger partial charge in [-0.3, -0.25) is 4.99 Å². The number of hydrogen-bond donors (Lipinski definition) is 1. The van der Waals surface area contributed by atoms with E-state index >= 15 is 0 Å². The fourth-order valence-electron chi connectivity index (χ4n) is 1.27. The SMILES string of the molecule is CC(CCc1ccco1)N=C(N)C(C)C. The van der Waals surface area contributed by atoms with Gasteiger partial charge in [-0.15, -0.1) is 0 Å². The number of nitrogens with zero attached hydrogens (tertiary/aromatic N) is 1. The summed E-state index contributed by atoms with van der Waals surface area (Å²) < 4.78 is 5.26. The molecule has 0 aliphatic rings. The van der Waals surface area contributed by atoms with Crippen LogP contribution in [-0.4, -0.2) is 11.9 Å². The first-order valence-electron chi connectivity index (χ1n) is 5.45. The van der Waals surface area contributed by atoms with Crippen LogP contribution in [0.25, 0.3) is 0 Å². The van der Waals surface area contributed by atoms with E-state index in [1.54, 1.807) is 6.26 Å². The van der Waals surface area contributed by atoms with Crippen LogP contribution in [0.5, 0.6) is 0 Å². The molecule has 1 unspecified atom stereocenters. The third kappa shape index (κ3) is 4.19. The first-order chi connectivity index (χ1) is 7.09. The first-order valence-corrected chi connectivity index (χ1v) is 5.45. The predicted molar refractivity (Wildman–Crippen MR) is 63.0 cm³/mol. The summed E-state index contributed by atoms with van der Waals surface area (Å²) in [7, 11) is 0. The average molecular weight is 208 g/mol. The van der Waals surface area contributed by atoms with Gasteiger partial charge in [0.2, 0.25) is 0 Å². The van der Waals surface area contributed by atoms with Crippen molar-refractivity contribution in [3.05, 3.63) is 24.2 Å². The van der Waals surface area contributed by atoms with E-state index in [0.717, 1.165) is 24.4 Å². The van der Waals surface area contributed by atoms with Gasteiger partial charge in [-0.2, -0.15) is 0 Å². The molecular weight excluding hydrogens is 188 g/mol. The summed E-state index contributed by atoms with van der Waals surface area (Å²) in [6, 6.07) is 4.16. The molecule has 0 bridgehead atoms. The van der Waals surface area contributed by atoms with E-state index in [0.29, 0.717) is 5.92 Å². The topological polar surface area (TPSA) is 51.5 Å². The van der Waals surface area contributed by atoms with Gasteiger partial charge in [0.05, 0.1) is 12.1 Å². The molecule has 0 spiro atoms. The zero-order valence-corrected chi connectivity index (χ0v) is 9.73. The van der Waals surface area contributed by atoms with Gasteiger partial charge in [-0.1, -0.05) is 13.8 Å². The van der Waals surface area contributed by atoms with Crippen molar-refractivity contribution in [1.29, 1.82) is 0 Å². The Bertz CT molecular complexity index is 301. The van der Waals surface area contributed by atoms with Crippen molar-refractivity contribution >= 4 is 5.84 Å². The van der Waals surface area contributed by atoms with Crippen molar-refractivity contribution in [2.75, 3.05) is 0 Å². The van der Waals surface area contributed by atoms with Crippen LogP contribution >= 0.6 is 0 Å². The van der Waals surface area contributed by atoms with E-state index in [2.05, 4.69) is 25.8 Å². The van der Waals surface area contributed by atoms with Gasteiger partial charge < -0.3 is 10.2 Å². The van der Waals surface area contributed by atoms with Crippen molar-refractivity contribution in [3.8, 4) is 0 Å². The van der Waals surface area contributed by atoms with Crippen LogP contribution in [0, 0.1) is 5.92 Å². The molecule has 0 fully saturated rings. The fraction of sp³-hybridized carbons (Fsp3) is 0.583. The zero-order valence-electron chi connectivity index (χ0n) is 9.73. The summed E-state index contributed by atoms with van der Waals surface area (Å²) in [5.74, 6) is 2.08. The normalized spacial score (nSPS) is 14.5. The van der Waals surface area contributed by atoms with Crippen LogP contribution in [0.4, 0.5) is 0 Å². The van der Waals surface area contributed by atoms with E-state index in [4.69, 9.17) is 10.2 Å². The Balaban J connectivity index is 2.36. The van der Waals surface area contributed by atoms with Gasteiger partial charge in [0.1, 0.15) is 5.76 Å². The second-order valence-electron chi connectivity index (χ2n) is 4.18. The Kier molecular flexibility index (Phi) is 4.40. The van der Waals surface area contributed by atoms with E-state index < -0.39 is 0 Å². The van der Waals surface area contributed by atoms with Crippen molar-refractivity contribution in [2.24, 2.45) is 16.6 Å². The second kappa shape index (κ2) is 5.59. The molecule has 1 atom stereocenters. The molecule has 3 heteroatoms. The summed E-state index contributed by atoms with van der Waals surface area (Å²) in [4.78, 5) is 4.43. The van der Waals surface area contributed by atoms with Gasteiger partial charge in [0.15, 0.2) is 0 Å². The molecule has 0 radical (unpaired) electrons. The van der Waals surface area contributed by atoms with Crippen LogP contribution in [0.3, 0.4) is 0 Å². The Morgan fingerprint density at radius 2 is 2.20 bits per heavy atom. The third-order valence-corrected chi connectivity index (χ3v) is 2.35. The maximum Gasteiger partial charge on any atom is 0.103 e. The molecule has 0 saturated carbocycles. The highest BCUT2D eigenvalue weighted by molar-refractivity contribution is 5.82. The fourth-order valence-corrected chi connectivity index (χ4v) is 1.27. The summed E-state index contributed by atoms with van der Waals surface area (Å²) in [5, 5.41) is 0. The zero-order chi connectivity index (χ0) is 11.3. The van der Waals surface area contributed by atoms with Crippen molar-refractivity contribution in [1.82, 2.24) is 0 Å². The highest BCUT2D eigenvalue weighted by atomic mass is 16.3. The lowest BCUT2D eigenvalue weighted by Gasteiger charge is -2.09. The molecule has 1 rings (SSSR count). The van der Waals surface area contributed by atoms with E-state index in [9.17, 15) is 0 Å². The number of amidine groups is 1. The summed E-state index contributed by atoms with van der Waals surface area (Å²) in [5.41, 5.74) is 5.79. The van der Waals surface area contributed by atoms with E-state index in [-0.39, 0.29) is 6.04 Å². The maximum atomic E-state index is 5.79. The molecule has 0 saturated heterocycles. The van der Waals surface area contributed by atoms with Crippen LogP contribution in [-0.2, 0) is 6.42 Å². The lowest BCUT2D eigenvalue weighted by atomic mass is 10.1. The number of rotatable bonds is 5. The van der Waals surface area contributed by atoms with Gasteiger partial charge >= 0.3 is 0 Å². The Hall–Kier alpha value is -1.25. The van der Waals surface area contributed by atoms with Crippen LogP contribution < -0.4 is 5.73 Å². The van der Waals surface area contributed by atoms with E-state index in [1.807, 2.05) is 12.1 Å². The molecule has 84 valence electrons. The average Bonchev–Trinajstić information content (AvgIpc) is 2.66. The van der Waals surface area contributed by atoms with Gasteiger partial charge in [-0.05, 0) is 25.5 Å². The monoisotopic (exact) mass is 208 g/mol. The number of aliphatic imine (C=N–C) groups is 1. The van der Waals surface area contributed by atoms with Crippen LogP contribution in [0.2, 0.25) is 0 Å². The molecule has 15 heavy (non-hydrogen) atoms. The molecule has 0 aromatic carbocycles. The molecule has 0 aliphatic heterocycles. The molecule has 0 aliphatic carbocycles. The Morgan fingerprint density at radius 3 is 2.73 bits per heavy atom. The molecule has 3 nitrogen and oxygen atoms in total. The minimum Gasteiger partial charge on any atom is -0.469 e. The minimum absolute atomic E-state index is 0.262. The molecular formula is C12H20N2O. The quantitative estimate of drug-likeness (QED) is 0.597. The Labute approximate surface area is 91.4 Å². The number of nitrogens with two attached hydrogens (primary N) is 1. The lowest BCUT2D eigenvalue weighted by Crippen LogP contribution is -2.21. The Morgan fingerprint density at radius 1 is 1.47 bits per heavy atom. The summed E-state index contributed by atoms with van der Waals surface area (Å²) >= 11 is 0. The molecule has 0 amide bonds. The largest absolute Gasteiger partial charge is 0.469 e. The number of hydrogen-bond acceptors (Lipinski definition) is 2. The van der Waals surface area contributed by atoms with Crippen LogP contribution in [0.1, 0.15) is 33.0 Å². The maximum absolute atomic E-state index is 5.79. The number of aryl methyl sites for hydroxylation is 1. The van der Waals surface area contributed by atoms with Gasteiger partial charge in [0.25, 0.3) is 0 Å². The highest BCUT2D eigenvalue weighted by Crippen LogP contribution is 2.08. The molecule has 1 heterocycles. The molecule has 2 N–H and O–H groups in total. The first kappa shape index (κ1) is 11.8. The highest BCUT2D eigenvalue weighted by Gasteiger charge is 2.05. The van der Waals surface area contributed by atoms with Crippen LogP contribution in [0.15, 0.2) is 27.8 Å². The minimum atomic E-state index is 0.262. The van der Waals surface area contributed by atoms with E-state index in [1.165, 1.54) is 0 Å². The molecule has 1 aromatic heterocycles. The number of furan rings is 1. The van der Waals surface area contributed by atoms with Crippen molar-refractivity contribution < 1.29 is 4.42 Å². The standard InChI is InChI=1S/C12H20N2O/c1-9(2)12(13)14-10(3)6-7-11-5-4-8-15-11/h4-5,8-10H,6-7H2,1-3H3,(H2,13,14). The molecule has 1 aromatic rings. The second-order valence-corrected chi connectivity index (χ2v) is 4.18.